The zero-order valence-electron chi connectivity index (χ0n) is 9.35. The molecule has 0 fully saturated rings. The first kappa shape index (κ1) is 12.5. The van der Waals surface area contributed by atoms with Gasteiger partial charge in [-0.3, -0.25) is 0 Å². The number of benzene rings is 1. The molecule has 0 aliphatic heterocycles. The maximum atomic E-state index is 8.12. The highest BCUT2D eigenvalue weighted by Crippen LogP contribution is 2.05. The second-order valence-electron chi connectivity index (χ2n) is 3.03. The van der Waals surface area contributed by atoms with Crippen molar-refractivity contribution < 1.29 is 0 Å². The summed E-state index contributed by atoms with van der Waals surface area (Å²) < 4.78 is 0. The normalized spacial score (nSPS) is 7.76. The van der Waals surface area contributed by atoms with E-state index in [-0.39, 0.29) is 6.54 Å². The molecule has 0 amide bonds. The molecule has 0 saturated heterocycles. The molecule has 0 saturated carbocycles. The van der Waals surface area contributed by atoms with Crippen LogP contribution in [0.5, 0.6) is 0 Å². The van der Waals surface area contributed by atoms with Crippen molar-refractivity contribution in [2.24, 2.45) is 5.11 Å². The van der Waals surface area contributed by atoms with Crippen LogP contribution < -0.4 is 0 Å². The van der Waals surface area contributed by atoms with Gasteiger partial charge in [-0.1, -0.05) is 47.0 Å². The Labute approximate surface area is 101 Å². The summed E-state index contributed by atoms with van der Waals surface area (Å²) in [4.78, 5) is 2.63. The monoisotopic (exact) mass is 221 g/mol. The number of rotatable bonds is 2. The van der Waals surface area contributed by atoms with Crippen molar-refractivity contribution in [3.05, 3.63) is 58.5 Å². The van der Waals surface area contributed by atoms with Gasteiger partial charge in [-0.05, 0) is 17.7 Å². The van der Waals surface area contributed by atoms with Crippen LogP contribution in [0, 0.1) is 23.7 Å². The third-order valence-corrected chi connectivity index (χ3v) is 1.83. The van der Waals surface area contributed by atoms with Gasteiger partial charge in [0.05, 0.1) is 6.54 Å². The molecular weight excluding hydrogens is 210 g/mol. The predicted octanol–water partition coefficient (Wildman–Crippen LogP) is 3.28. The minimum atomic E-state index is 0.172. The summed E-state index contributed by atoms with van der Waals surface area (Å²) in [5.74, 6) is 11.7. The van der Waals surface area contributed by atoms with Gasteiger partial charge < -0.3 is 0 Å². The van der Waals surface area contributed by atoms with Gasteiger partial charge >= 0.3 is 0 Å². The number of hydrogen-bond donors (Lipinski definition) is 0. The lowest BCUT2D eigenvalue weighted by Gasteiger charge is -1.94. The molecule has 0 aliphatic carbocycles. The van der Waals surface area contributed by atoms with E-state index in [2.05, 4.69) is 40.3 Å². The first-order valence-electron chi connectivity index (χ1n) is 5.07. The molecule has 0 aromatic heterocycles. The Morgan fingerprint density at radius 1 is 1.24 bits per heavy atom. The molecule has 1 aromatic carbocycles. The average Bonchev–Trinajstić information content (AvgIpc) is 2.36. The smallest absolute Gasteiger partial charge is 0.0880 e. The fourth-order valence-electron chi connectivity index (χ4n) is 1.12. The average molecular weight is 221 g/mol. The summed E-state index contributed by atoms with van der Waals surface area (Å²) in [5, 5.41) is 3.35. The van der Waals surface area contributed by atoms with Crippen molar-refractivity contribution in [2.75, 3.05) is 6.54 Å². The van der Waals surface area contributed by atoms with Crippen LogP contribution in [0.1, 0.15) is 17.5 Å². The molecule has 3 heteroatoms. The predicted molar refractivity (Wildman–Crippen MR) is 69.0 cm³/mol. The Morgan fingerprint density at radius 2 is 1.88 bits per heavy atom. The van der Waals surface area contributed by atoms with Crippen molar-refractivity contribution in [3.8, 4) is 23.7 Å². The molecule has 17 heavy (non-hydrogen) atoms. The van der Waals surface area contributed by atoms with E-state index in [9.17, 15) is 0 Å². The molecular formula is C14H11N3. The number of allylic oxidation sites excluding steroid dienone is 1. The van der Waals surface area contributed by atoms with Crippen molar-refractivity contribution in [3.63, 3.8) is 0 Å². The van der Waals surface area contributed by atoms with Gasteiger partial charge in [-0.2, -0.15) is 0 Å². The molecule has 0 radical (unpaired) electrons. The van der Waals surface area contributed by atoms with Crippen molar-refractivity contribution in [1.82, 2.24) is 0 Å². The van der Waals surface area contributed by atoms with Crippen molar-refractivity contribution in [1.29, 1.82) is 0 Å². The van der Waals surface area contributed by atoms with Crippen LogP contribution in [0.2, 0.25) is 0 Å². The zero-order valence-corrected chi connectivity index (χ0v) is 9.35. The number of nitrogens with zero attached hydrogens (tertiary/aromatic N) is 3. The highest BCUT2D eigenvalue weighted by atomic mass is 15.1. The van der Waals surface area contributed by atoms with Gasteiger partial charge in [0, 0.05) is 22.5 Å². The molecule has 82 valence electrons. The maximum Gasteiger partial charge on any atom is 0.0880 e. The highest BCUT2D eigenvalue weighted by molar-refractivity contribution is 5.50. The second kappa shape index (κ2) is 7.65. The quantitative estimate of drug-likeness (QED) is 0.242. The van der Waals surface area contributed by atoms with E-state index in [1.54, 1.807) is 6.08 Å². The summed E-state index contributed by atoms with van der Waals surface area (Å²) >= 11 is 0. The second-order valence-corrected chi connectivity index (χ2v) is 3.03. The summed E-state index contributed by atoms with van der Waals surface area (Å²) in [6.07, 6.45) is 2.41. The van der Waals surface area contributed by atoms with Crippen LogP contribution in [-0.2, 0) is 0 Å². The lowest BCUT2D eigenvalue weighted by atomic mass is 10.1. The van der Waals surface area contributed by atoms with Crippen LogP contribution in [0.15, 0.2) is 42.0 Å². The van der Waals surface area contributed by atoms with Crippen molar-refractivity contribution in [2.45, 2.75) is 6.42 Å². The molecule has 0 N–H and O–H groups in total. The summed E-state index contributed by atoms with van der Waals surface area (Å²) in [6.45, 7) is 3.78. The standard InChI is InChI=1S/C14H11N3/c1-2-3-4-8-13-9-5-6-10-14(13)11-7-12-16-17-15/h2,5-6,9-10H,1,3,12H2. The Bertz CT molecular complexity index is 558. The Kier molecular flexibility index (Phi) is 5.61. The van der Waals surface area contributed by atoms with Gasteiger partial charge in [0.15, 0.2) is 0 Å². The van der Waals surface area contributed by atoms with Gasteiger partial charge in [-0.25, -0.2) is 0 Å². The number of azide groups is 1. The molecule has 0 atom stereocenters. The molecule has 0 bridgehead atoms. The molecule has 3 nitrogen and oxygen atoms in total. The molecule has 1 rings (SSSR count). The van der Waals surface area contributed by atoms with Gasteiger partial charge in [0.25, 0.3) is 0 Å². The van der Waals surface area contributed by atoms with Crippen molar-refractivity contribution >= 4 is 0 Å². The molecule has 0 spiro atoms. The Balaban J connectivity index is 2.91. The summed E-state index contributed by atoms with van der Waals surface area (Å²) in [6, 6.07) is 7.61. The van der Waals surface area contributed by atoms with Crippen LogP contribution in [-0.4, -0.2) is 6.54 Å². The molecule has 0 unspecified atom stereocenters. The molecule has 1 aromatic rings. The van der Waals surface area contributed by atoms with E-state index < -0.39 is 0 Å². The SMILES string of the molecule is C=CCC#Cc1ccccc1C#CCN=[N+]=[N-]. The van der Waals surface area contributed by atoms with E-state index in [1.807, 2.05) is 24.3 Å². The highest BCUT2D eigenvalue weighted by Gasteiger charge is 1.93. The third-order valence-electron chi connectivity index (χ3n) is 1.83. The lowest BCUT2D eigenvalue weighted by Crippen LogP contribution is -1.82. The van der Waals surface area contributed by atoms with E-state index in [4.69, 9.17) is 5.53 Å². The zero-order chi connectivity index (χ0) is 12.3. The van der Waals surface area contributed by atoms with Crippen LogP contribution in [0.25, 0.3) is 10.4 Å². The van der Waals surface area contributed by atoms with E-state index in [0.29, 0.717) is 6.42 Å². The number of hydrogen-bond acceptors (Lipinski definition) is 1. The Hall–Kier alpha value is -2.61. The van der Waals surface area contributed by atoms with Crippen LogP contribution in [0.3, 0.4) is 0 Å². The third kappa shape index (κ3) is 4.62. The van der Waals surface area contributed by atoms with E-state index >= 15 is 0 Å². The van der Waals surface area contributed by atoms with E-state index in [0.717, 1.165) is 11.1 Å². The largest absolute Gasteiger partial charge is 0.102 e. The Morgan fingerprint density at radius 3 is 2.47 bits per heavy atom. The fourth-order valence-corrected chi connectivity index (χ4v) is 1.12. The first-order chi connectivity index (χ1) is 8.38. The van der Waals surface area contributed by atoms with Gasteiger partial charge in [-0.15, -0.1) is 6.58 Å². The van der Waals surface area contributed by atoms with Crippen LogP contribution >= 0.6 is 0 Å². The summed E-state index contributed by atoms with van der Waals surface area (Å²) in [7, 11) is 0. The first-order valence-corrected chi connectivity index (χ1v) is 5.07. The van der Waals surface area contributed by atoms with Gasteiger partial charge in [0.2, 0.25) is 0 Å². The fraction of sp³-hybridized carbons (Fsp3) is 0.143. The maximum absolute atomic E-state index is 8.12. The lowest BCUT2D eigenvalue weighted by molar-refractivity contribution is 1.25. The minimum absolute atomic E-state index is 0.172. The van der Waals surface area contributed by atoms with Gasteiger partial charge in [0.1, 0.15) is 0 Å². The topological polar surface area (TPSA) is 48.8 Å². The van der Waals surface area contributed by atoms with Crippen LogP contribution in [0.4, 0.5) is 0 Å². The minimum Gasteiger partial charge on any atom is -0.102 e. The summed E-state index contributed by atoms with van der Waals surface area (Å²) in [5.41, 5.74) is 9.84. The molecule has 0 aliphatic rings. The van der Waals surface area contributed by atoms with E-state index in [1.165, 1.54) is 0 Å². The molecule has 0 heterocycles.